The summed E-state index contributed by atoms with van der Waals surface area (Å²) in [6.45, 7) is 18.4. The molecule has 1 unspecified atom stereocenters. The van der Waals surface area contributed by atoms with Crippen molar-refractivity contribution < 1.29 is 19.4 Å². The topological polar surface area (TPSA) is 73.3 Å². The average Bonchev–Trinajstić information content (AvgIpc) is 2.82. The molecule has 1 aromatic carbocycles. The second-order valence-electron chi connectivity index (χ2n) is 10.0. The van der Waals surface area contributed by atoms with Crippen molar-refractivity contribution in [3.8, 4) is 0 Å². The highest BCUT2D eigenvalue weighted by atomic mass is 16.5. The molecule has 0 spiro atoms. The number of likely N-dealkylation sites (N-methyl/N-ethyl adjacent to an activating group) is 1. The maximum absolute atomic E-state index is 13.2. The van der Waals surface area contributed by atoms with Crippen LogP contribution in [0.2, 0.25) is 0 Å². The molecule has 1 atom stereocenters. The highest BCUT2D eigenvalue weighted by Crippen LogP contribution is 2.38. The molecular formula is C29H41N3O4. The smallest absolute Gasteiger partial charge is 0.235 e. The van der Waals surface area contributed by atoms with Crippen LogP contribution in [0.5, 0.6) is 0 Å². The third-order valence-electron chi connectivity index (χ3n) is 6.16. The second kappa shape index (κ2) is 12.6. The quantitative estimate of drug-likeness (QED) is 0.206. The number of nitrogens with zero attached hydrogens (tertiary/aromatic N) is 3. The second-order valence-corrected chi connectivity index (χ2v) is 10.0. The lowest BCUT2D eigenvalue weighted by Crippen LogP contribution is -2.51. The van der Waals surface area contributed by atoms with Gasteiger partial charge in [-0.25, -0.2) is 0 Å². The zero-order valence-corrected chi connectivity index (χ0v) is 22.6. The van der Waals surface area contributed by atoms with Crippen molar-refractivity contribution in [1.82, 2.24) is 4.90 Å². The van der Waals surface area contributed by atoms with Gasteiger partial charge in [0, 0.05) is 43.0 Å². The molecule has 0 saturated carbocycles. The molecule has 3 rings (SSSR count). The summed E-state index contributed by atoms with van der Waals surface area (Å²) < 4.78 is 5.59. The fourth-order valence-electron chi connectivity index (χ4n) is 4.25. The van der Waals surface area contributed by atoms with E-state index in [1.807, 2.05) is 52.0 Å². The Morgan fingerprint density at radius 2 is 1.58 bits per heavy atom. The van der Waals surface area contributed by atoms with Crippen LogP contribution in [0, 0.1) is 5.41 Å². The van der Waals surface area contributed by atoms with Crippen LogP contribution in [-0.2, 0) is 14.3 Å². The summed E-state index contributed by atoms with van der Waals surface area (Å²) >= 11 is 0. The van der Waals surface area contributed by atoms with Gasteiger partial charge in [-0.2, -0.15) is 0 Å². The van der Waals surface area contributed by atoms with Crippen molar-refractivity contribution >= 4 is 23.1 Å². The van der Waals surface area contributed by atoms with Crippen LogP contribution < -0.4 is 9.80 Å². The Bertz CT molecular complexity index is 1010. The average molecular weight is 496 g/mol. The molecule has 0 bridgehead atoms. The van der Waals surface area contributed by atoms with E-state index in [0.717, 1.165) is 31.9 Å². The summed E-state index contributed by atoms with van der Waals surface area (Å²) in [6, 6.07) is 6.90. The Hall–Kier alpha value is -3.32. The third kappa shape index (κ3) is 6.66. The van der Waals surface area contributed by atoms with Crippen LogP contribution in [0.15, 0.2) is 72.7 Å². The molecule has 2 aliphatic heterocycles. The molecule has 7 nitrogen and oxygen atoms in total. The van der Waals surface area contributed by atoms with Gasteiger partial charge in [0.2, 0.25) is 5.91 Å². The van der Waals surface area contributed by atoms with E-state index in [9.17, 15) is 14.7 Å². The van der Waals surface area contributed by atoms with Crippen molar-refractivity contribution in [2.75, 3.05) is 50.1 Å². The van der Waals surface area contributed by atoms with Crippen LogP contribution in [0.25, 0.3) is 0 Å². The highest BCUT2D eigenvalue weighted by Gasteiger charge is 2.44. The van der Waals surface area contributed by atoms with E-state index in [4.69, 9.17) is 4.74 Å². The number of methoxy groups -OCH3 is 1. The standard InChI is InChI=1S/C26H35N3O4.C3H6/c1-7-8-21(33-6)24-23(25(32)26(2,3)4)20(30)17-22(31)29(24)19-11-9-18(10-12-19)28-15-13-27(5)14-16-28;1-3-2/h7-12,24,32H,1,13-17H2,2-6H3;3H,1H2,2H3/b21-8-,25-23+;. The molecule has 0 aromatic heterocycles. The van der Waals surface area contributed by atoms with Crippen LogP contribution in [0.3, 0.4) is 0 Å². The fourth-order valence-corrected chi connectivity index (χ4v) is 4.25. The van der Waals surface area contributed by atoms with Gasteiger partial charge in [0.1, 0.15) is 17.6 Å². The maximum atomic E-state index is 13.2. The minimum atomic E-state index is -0.879. The first-order valence-corrected chi connectivity index (χ1v) is 12.3. The summed E-state index contributed by atoms with van der Waals surface area (Å²) in [5, 5.41) is 11.1. The molecule has 1 N–H and O–H groups in total. The van der Waals surface area contributed by atoms with E-state index in [1.54, 1.807) is 23.1 Å². The number of hydrogen-bond acceptors (Lipinski definition) is 6. The molecule has 1 aromatic rings. The van der Waals surface area contributed by atoms with Crippen LogP contribution in [0.4, 0.5) is 11.4 Å². The van der Waals surface area contributed by atoms with Gasteiger partial charge >= 0.3 is 0 Å². The normalized spacial score (nSPS) is 20.9. The van der Waals surface area contributed by atoms with Crippen molar-refractivity contribution in [3.05, 3.63) is 72.7 Å². The van der Waals surface area contributed by atoms with Crippen molar-refractivity contribution in [3.63, 3.8) is 0 Å². The number of rotatable bonds is 5. The number of Topliss-reactive ketones (excluding diaryl/α,β-unsaturated/α-hetero) is 1. The van der Waals surface area contributed by atoms with Crippen molar-refractivity contribution in [2.24, 2.45) is 5.41 Å². The lowest BCUT2D eigenvalue weighted by molar-refractivity contribution is -0.127. The number of aliphatic hydroxyl groups is 1. The number of ketones is 1. The van der Waals surface area contributed by atoms with E-state index in [2.05, 4.69) is 30.0 Å². The maximum Gasteiger partial charge on any atom is 0.235 e. The highest BCUT2D eigenvalue weighted by molar-refractivity contribution is 6.17. The van der Waals surface area contributed by atoms with Gasteiger partial charge in [0.05, 0.1) is 19.1 Å². The van der Waals surface area contributed by atoms with Gasteiger partial charge < -0.3 is 19.6 Å². The summed E-state index contributed by atoms with van der Waals surface area (Å²) in [5.41, 5.74) is 1.24. The molecular weight excluding hydrogens is 454 g/mol. The van der Waals surface area contributed by atoms with Crippen LogP contribution in [-0.4, -0.2) is 68.1 Å². The summed E-state index contributed by atoms with van der Waals surface area (Å²) in [7, 11) is 3.60. The number of carbonyl (C=O) groups is 2. The Labute approximate surface area is 216 Å². The largest absolute Gasteiger partial charge is 0.511 e. The molecule has 36 heavy (non-hydrogen) atoms. The fraction of sp³-hybridized carbons (Fsp3) is 0.448. The number of piperidine rings is 1. The monoisotopic (exact) mass is 495 g/mol. The Morgan fingerprint density at radius 3 is 2.06 bits per heavy atom. The van der Waals surface area contributed by atoms with E-state index < -0.39 is 17.2 Å². The molecule has 0 aliphatic carbocycles. The molecule has 2 heterocycles. The first kappa shape index (κ1) is 28.9. The number of ether oxygens (including phenoxy) is 1. The Balaban J connectivity index is 0.00000145. The predicted molar refractivity (Wildman–Crippen MR) is 147 cm³/mol. The number of aliphatic hydroxyl groups excluding tert-OH is 1. The minimum Gasteiger partial charge on any atom is -0.511 e. The van der Waals surface area contributed by atoms with Gasteiger partial charge in [-0.1, -0.05) is 39.5 Å². The number of allylic oxidation sites excluding steroid dienone is 4. The zero-order valence-electron chi connectivity index (χ0n) is 22.6. The molecule has 0 radical (unpaired) electrons. The number of piperazine rings is 1. The molecule has 196 valence electrons. The van der Waals surface area contributed by atoms with Crippen LogP contribution in [0.1, 0.15) is 34.1 Å². The number of amides is 1. The molecule has 7 heteroatoms. The lowest BCUT2D eigenvalue weighted by atomic mass is 9.82. The minimum absolute atomic E-state index is 0.0453. The van der Waals surface area contributed by atoms with Gasteiger partial charge in [0.25, 0.3) is 0 Å². The lowest BCUT2D eigenvalue weighted by Gasteiger charge is -2.39. The van der Waals surface area contributed by atoms with Crippen LogP contribution >= 0.6 is 0 Å². The first-order chi connectivity index (χ1) is 17.0. The van der Waals surface area contributed by atoms with Gasteiger partial charge in [-0.3, -0.25) is 14.5 Å². The predicted octanol–water partition coefficient (Wildman–Crippen LogP) is 4.88. The Kier molecular flexibility index (Phi) is 10.1. The van der Waals surface area contributed by atoms with Crippen molar-refractivity contribution in [2.45, 2.75) is 40.2 Å². The zero-order chi connectivity index (χ0) is 27.0. The van der Waals surface area contributed by atoms with E-state index in [-0.39, 0.29) is 23.7 Å². The summed E-state index contributed by atoms with van der Waals surface area (Å²) in [5.74, 6) is -0.416. The van der Waals surface area contributed by atoms with Crippen molar-refractivity contribution in [1.29, 1.82) is 0 Å². The van der Waals surface area contributed by atoms with Gasteiger partial charge in [-0.05, 0) is 44.3 Å². The molecule has 2 fully saturated rings. The van der Waals surface area contributed by atoms with Gasteiger partial charge in [-0.15, -0.1) is 6.58 Å². The Morgan fingerprint density at radius 1 is 1.06 bits per heavy atom. The van der Waals surface area contributed by atoms with E-state index >= 15 is 0 Å². The summed E-state index contributed by atoms with van der Waals surface area (Å²) in [6.07, 6.45) is 4.61. The number of anilines is 2. The first-order valence-electron chi connectivity index (χ1n) is 12.3. The number of hydrogen-bond donors (Lipinski definition) is 1. The van der Waals surface area contributed by atoms with E-state index in [1.165, 1.54) is 7.11 Å². The molecule has 1 amide bonds. The summed E-state index contributed by atoms with van der Waals surface area (Å²) in [4.78, 5) is 32.3. The van der Waals surface area contributed by atoms with Gasteiger partial charge in [0.15, 0.2) is 5.78 Å². The SMILES string of the molecule is C=C/C=C(\OC)C1/C(=C(/O)C(C)(C)C)C(=O)CC(=O)N1c1ccc(N2CCN(C)CC2)cc1.C=CC. The number of benzene rings is 1. The molecule has 2 aliphatic rings. The number of carbonyl (C=O) groups excluding carboxylic acids is 2. The molecule has 2 saturated heterocycles. The van der Waals surface area contributed by atoms with E-state index in [0.29, 0.717) is 11.4 Å². The third-order valence-corrected chi connectivity index (χ3v) is 6.16.